The van der Waals surface area contributed by atoms with Crippen LogP contribution in [0.3, 0.4) is 0 Å². The first-order chi connectivity index (χ1) is 7.38. The molecule has 0 atom stereocenters. The third-order valence-corrected chi connectivity index (χ3v) is 2.44. The summed E-state index contributed by atoms with van der Waals surface area (Å²) in [5, 5.41) is 4.49. The number of benzene rings is 1. The van der Waals surface area contributed by atoms with Crippen LogP contribution in [0.15, 0.2) is 18.2 Å². The number of ether oxygens (including phenoxy) is 1. The largest absolute Gasteiger partial charge is 0.491 e. The molecule has 0 saturated heterocycles. The van der Waals surface area contributed by atoms with E-state index in [1.54, 1.807) is 18.2 Å². The fraction of sp³-hybridized carbons (Fsp3) is 0.500. The quantitative estimate of drug-likeness (QED) is 0.834. The number of nitrogens with one attached hydrogen (secondary N) is 1. The lowest BCUT2D eigenvalue weighted by Crippen LogP contribution is -2.38. The molecule has 0 spiro atoms. The van der Waals surface area contributed by atoms with Crippen LogP contribution in [-0.4, -0.2) is 18.7 Å². The molecule has 1 aromatic carbocycles. The molecule has 1 rings (SSSR count). The van der Waals surface area contributed by atoms with Crippen LogP contribution >= 0.6 is 23.2 Å². The van der Waals surface area contributed by atoms with E-state index in [1.165, 1.54) is 0 Å². The van der Waals surface area contributed by atoms with Crippen molar-refractivity contribution >= 4 is 23.2 Å². The number of hydrogen-bond acceptors (Lipinski definition) is 2. The molecule has 0 saturated carbocycles. The average molecular weight is 262 g/mol. The van der Waals surface area contributed by atoms with Crippen LogP contribution in [0.4, 0.5) is 0 Å². The first-order valence-electron chi connectivity index (χ1n) is 5.21. The molecular weight excluding hydrogens is 245 g/mol. The van der Waals surface area contributed by atoms with E-state index in [-0.39, 0.29) is 5.54 Å². The van der Waals surface area contributed by atoms with Crippen LogP contribution in [0.2, 0.25) is 10.0 Å². The standard InChI is InChI=1S/C12H17Cl2NO/c1-12(2,3)15-6-7-16-11-5-4-9(13)8-10(11)14/h4-5,8,15H,6-7H2,1-3H3. The molecule has 1 N–H and O–H groups in total. The minimum absolute atomic E-state index is 0.104. The third kappa shape index (κ3) is 5.06. The molecule has 0 fully saturated rings. The van der Waals surface area contributed by atoms with Crippen molar-refractivity contribution in [2.75, 3.05) is 13.2 Å². The smallest absolute Gasteiger partial charge is 0.138 e. The van der Waals surface area contributed by atoms with Crippen LogP contribution in [0.25, 0.3) is 0 Å². The molecule has 16 heavy (non-hydrogen) atoms. The predicted octanol–water partition coefficient (Wildman–Crippen LogP) is 3.76. The second-order valence-electron chi connectivity index (χ2n) is 4.60. The summed E-state index contributed by atoms with van der Waals surface area (Å²) in [5.41, 5.74) is 0.104. The average Bonchev–Trinajstić information content (AvgIpc) is 2.13. The number of halogens is 2. The van der Waals surface area contributed by atoms with Gasteiger partial charge in [-0.25, -0.2) is 0 Å². The molecule has 90 valence electrons. The van der Waals surface area contributed by atoms with Gasteiger partial charge < -0.3 is 10.1 Å². The first-order valence-corrected chi connectivity index (χ1v) is 5.97. The summed E-state index contributed by atoms with van der Waals surface area (Å²) in [6, 6.07) is 5.22. The monoisotopic (exact) mass is 261 g/mol. The fourth-order valence-electron chi connectivity index (χ4n) is 1.18. The second kappa shape index (κ2) is 5.76. The van der Waals surface area contributed by atoms with Crippen molar-refractivity contribution < 1.29 is 4.74 Å². The van der Waals surface area contributed by atoms with Crippen molar-refractivity contribution in [2.45, 2.75) is 26.3 Å². The van der Waals surface area contributed by atoms with Gasteiger partial charge >= 0.3 is 0 Å². The summed E-state index contributed by atoms with van der Waals surface area (Å²) in [6.45, 7) is 7.70. The summed E-state index contributed by atoms with van der Waals surface area (Å²) < 4.78 is 5.53. The van der Waals surface area contributed by atoms with Gasteiger partial charge in [0.2, 0.25) is 0 Å². The van der Waals surface area contributed by atoms with Crippen molar-refractivity contribution in [3.8, 4) is 5.75 Å². The lowest BCUT2D eigenvalue weighted by Gasteiger charge is -2.20. The van der Waals surface area contributed by atoms with E-state index >= 15 is 0 Å². The summed E-state index contributed by atoms with van der Waals surface area (Å²) in [4.78, 5) is 0. The highest BCUT2D eigenvalue weighted by molar-refractivity contribution is 6.35. The first kappa shape index (κ1) is 13.6. The molecule has 0 heterocycles. The molecule has 0 radical (unpaired) electrons. The van der Waals surface area contributed by atoms with Gasteiger partial charge in [0, 0.05) is 17.1 Å². The summed E-state index contributed by atoms with van der Waals surface area (Å²) in [6.07, 6.45) is 0. The van der Waals surface area contributed by atoms with Crippen molar-refractivity contribution in [3.05, 3.63) is 28.2 Å². The van der Waals surface area contributed by atoms with Gasteiger partial charge in [-0.1, -0.05) is 23.2 Å². The van der Waals surface area contributed by atoms with E-state index in [2.05, 4.69) is 26.1 Å². The fourth-order valence-corrected chi connectivity index (χ4v) is 1.64. The van der Waals surface area contributed by atoms with Crippen LogP contribution < -0.4 is 10.1 Å². The Kier molecular flexibility index (Phi) is 4.90. The van der Waals surface area contributed by atoms with E-state index in [0.29, 0.717) is 22.4 Å². The maximum atomic E-state index is 5.97. The van der Waals surface area contributed by atoms with Crippen LogP contribution in [-0.2, 0) is 0 Å². The van der Waals surface area contributed by atoms with E-state index in [4.69, 9.17) is 27.9 Å². The molecular formula is C12H17Cl2NO. The summed E-state index contributed by atoms with van der Waals surface area (Å²) >= 11 is 11.8. The molecule has 0 aliphatic carbocycles. The van der Waals surface area contributed by atoms with Gasteiger partial charge in [-0.15, -0.1) is 0 Å². The SMILES string of the molecule is CC(C)(C)NCCOc1ccc(Cl)cc1Cl. The van der Waals surface area contributed by atoms with Crippen LogP contribution in [0.1, 0.15) is 20.8 Å². The Bertz CT molecular complexity index is 347. The highest BCUT2D eigenvalue weighted by atomic mass is 35.5. The second-order valence-corrected chi connectivity index (χ2v) is 5.44. The van der Waals surface area contributed by atoms with Gasteiger partial charge in [0.05, 0.1) is 5.02 Å². The van der Waals surface area contributed by atoms with E-state index in [1.807, 2.05) is 0 Å². The minimum Gasteiger partial charge on any atom is -0.491 e. The predicted molar refractivity (Wildman–Crippen MR) is 69.7 cm³/mol. The van der Waals surface area contributed by atoms with Gasteiger partial charge in [-0.3, -0.25) is 0 Å². The zero-order chi connectivity index (χ0) is 12.2. The van der Waals surface area contributed by atoms with Gasteiger partial charge in [0.1, 0.15) is 12.4 Å². The van der Waals surface area contributed by atoms with Crippen molar-refractivity contribution in [1.82, 2.24) is 5.32 Å². The van der Waals surface area contributed by atoms with Crippen molar-refractivity contribution in [2.24, 2.45) is 0 Å². The van der Waals surface area contributed by atoms with Gasteiger partial charge in [0.25, 0.3) is 0 Å². The van der Waals surface area contributed by atoms with Crippen LogP contribution in [0.5, 0.6) is 5.75 Å². The topological polar surface area (TPSA) is 21.3 Å². The third-order valence-electron chi connectivity index (χ3n) is 1.91. The van der Waals surface area contributed by atoms with Crippen molar-refractivity contribution in [1.29, 1.82) is 0 Å². The molecule has 0 aliphatic rings. The number of rotatable bonds is 4. The molecule has 0 unspecified atom stereocenters. The zero-order valence-corrected chi connectivity index (χ0v) is 11.3. The van der Waals surface area contributed by atoms with Gasteiger partial charge in [-0.2, -0.15) is 0 Å². The summed E-state index contributed by atoms with van der Waals surface area (Å²) in [7, 11) is 0. The molecule has 1 aromatic rings. The number of hydrogen-bond donors (Lipinski definition) is 1. The molecule has 2 nitrogen and oxygen atoms in total. The highest BCUT2D eigenvalue weighted by Gasteiger charge is 2.08. The Balaban J connectivity index is 2.38. The molecule has 0 aromatic heterocycles. The van der Waals surface area contributed by atoms with Crippen molar-refractivity contribution in [3.63, 3.8) is 0 Å². The zero-order valence-electron chi connectivity index (χ0n) is 9.81. The van der Waals surface area contributed by atoms with E-state index in [9.17, 15) is 0 Å². The van der Waals surface area contributed by atoms with E-state index in [0.717, 1.165) is 6.54 Å². The lowest BCUT2D eigenvalue weighted by molar-refractivity contribution is 0.291. The van der Waals surface area contributed by atoms with E-state index < -0.39 is 0 Å². The molecule has 4 heteroatoms. The minimum atomic E-state index is 0.104. The molecule has 0 bridgehead atoms. The highest BCUT2D eigenvalue weighted by Crippen LogP contribution is 2.27. The lowest BCUT2D eigenvalue weighted by atomic mass is 10.1. The Morgan fingerprint density at radius 3 is 2.50 bits per heavy atom. The molecule has 0 amide bonds. The van der Waals surface area contributed by atoms with Gasteiger partial charge in [-0.05, 0) is 39.0 Å². The summed E-state index contributed by atoms with van der Waals surface area (Å²) in [5.74, 6) is 0.668. The molecule has 0 aliphatic heterocycles. The maximum absolute atomic E-state index is 5.97. The Morgan fingerprint density at radius 1 is 1.25 bits per heavy atom. The Morgan fingerprint density at radius 2 is 1.94 bits per heavy atom. The van der Waals surface area contributed by atoms with Gasteiger partial charge in [0.15, 0.2) is 0 Å². The Labute approximate surface area is 107 Å². The van der Waals surface area contributed by atoms with Crippen LogP contribution in [0, 0.1) is 0 Å². The normalized spacial score (nSPS) is 11.6. The maximum Gasteiger partial charge on any atom is 0.138 e. The Hall–Kier alpha value is -0.440.